The molecule has 1 aliphatic rings. The molecule has 8 heavy (non-hydrogen) atoms. The molecule has 1 aliphatic heterocycles. The first-order chi connectivity index (χ1) is 3.70. The van der Waals surface area contributed by atoms with Crippen molar-refractivity contribution in [1.29, 1.82) is 0 Å². The molecule has 0 spiro atoms. The van der Waals surface area contributed by atoms with Crippen LogP contribution in [0.25, 0.3) is 0 Å². The van der Waals surface area contributed by atoms with Crippen molar-refractivity contribution in [2.45, 2.75) is 20.8 Å². The van der Waals surface area contributed by atoms with Crippen molar-refractivity contribution in [1.82, 2.24) is 0 Å². The van der Waals surface area contributed by atoms with Crippen LogP contribution in [0.15, 0.2) is 18.7 Å². The van der Waals surface area contributed by atoms with Gasteiger partial charge in [-0.25, -0.2) is 0 Å². The summed E-state index contributed by atoms with van der Waals surface area (Å²) in [6.45, 7) is 6.74. The third-order valence-corrected chi connectivity index (χ3v) is 5.14. The van der Waals surface area contributed by atoms with E-state index in [1.807, 2.05) is 0 Å². The zero-order chi connectivity index (χ0) is 6.15. The summed E-state index contributed by atoms with van der Waals surface area (Å²) in [4.78, 5) is 0. The van der Waals surface area contributed by atoms with Gasteiger partial charge in [0.1, 0.15) is 0 Å². The Morgan fingerprint density at radius 3 is 2.00 bits per heavy atom. The van der Waals surface area contributed by atoms with Gasteiger partial charge in [-0.1, -0.05) is 0 Å². The van der Waals surface area contributed by atoms with E-state index in [4.69, 9.17) is 0 Å². The van der Waals surface area contributed by atoms with Gasteiger partial charge >= 0.3 is 61.1 Å². The predicted octanol–water partition coefficient (Wildman–Crippen LogP) is 1.63. The fourth-order valence-corrected chi connectivity index (χ4v) is 4.14. The molecule has 0 aliphatic carbocycles. The Labute approximate surface area is 61.2 Å². The first-order valence-electron chi connectivity index (χ1n) is 2.83. The quantitative estimate of drug-likeness (QED) is 0.541. The third kappa shape index (κ3) is 1.17. The summed E-state index contributed by atoms with van der Waals surface area (Å²) in [6, 6.07) is 0. The van der Waals surface area contributed by atoms with Crippen LogP contribution in [0.2, 0.25) is 0 Å². The van der Waals surface area contributed by atoms with Crippen molar-refractivity contribution in [2.75, 3.05) is 0 Å². The molecule has 0 aromatic heterocycles. The van der Waals surface area contributed by atoms with Crippen molar-refractivity contribution >= 4 is 21.6 Å². The van der Waals surface area contributed by atoms with Crippen LogP contribution in [0.1, 0.15) is 20.8 Å². The van der Waals surface area contributed by atoms with E-state index < -0.39 is 0 Å². The van der Waals surface area contributed by atoms with Crippen LogP contribution in [0.4, 0.5) is 0 Å². The summed E-state index contributed by atoms with van der Waals surface area (Å²) < 4.78 is 3.37. The Bertz CT molecular complexity index is 163. The molecule has 0 amide bonds. The number of hydrogen-bond donors (Lipinski definition) is 0. The van der Waals surface area contributed by atoms with Gasteiger partial charge < -0.3 is 0 Å². The normalized spacial score (nSPS) is 19.6. The predicted molar refractivity (Wildman–Crippen MR) is 39.3 cm³/mol. The fraction of sp³-hybridized carbons (Fsp3) is 0.429. The van der Waals surface area contributed by atoms with E-state index in [0.29, 0.717) is 0 Å². The van der Waals surface area contributed by atoms with E-state index in [-0.39, 0.29) is 21.6 Å². The SMILES string of the molecule is C[C]1=CC(C)=[C](C)[SbH]1. The second kappa shape index (κ2) is 2.27. The minimum absolute atomic E-state index is 0.164. The Hall–Kier alpha value is 0.298. The zero-order valence-corrected chi connectivity index (χ0v) is 8.43. The van der Waals surface area contributed by atoms with Crippen molar-refractivity contribution in [2.24, 2.45) is 0 Å². The molecule has 0 nitrogen and oxygen atoms in total. The monoisotopic (exact) mass is 216 g/mol. The van der Waals surface area contributed by atoms with Crippen molar-refractivity contribution in [3.05, 3.63) is 18.7 Å². The van der Waals surface area contributed by atoms with Gasteiger partial charge in [-0.3, -0.25) is 0 Å². The van der Waals surface area contributed by atoms with Gasteiger partial charge in [-0.15, -0.1) is 0 Å². The van der Waals surface area contributed by atoms with Gasteiger partial charge in [0.15, 0.2) is 0 Å². The van der Waals surface area contributed by atoms with Crippen molar-refractivity contribution < 1.29 is 0 Å². The molecule has 0 radical (unpaired) electrons. The summed E-state index contributed by atoms with van der Waals surface area (Å²) in [7, 11) is 0. The molecule has 0 aromatic carbocycles. The Morgan fingerprint density at radius 2 is 1.88 bits per heavy atom. The number of hydrogen-bond acceptors (Lipinski definition) is 0. The Balaban J connectivity index is 2.79. The molecule has 1 rings (SSSR count). The van der Waals surface area contributed by atoms with Crippen LogP contribution in [0.5, 0.6) is 0 Å². The first-order valence-corrected chi connectivity index (χ1v) is 5.68. The van der Waals surface area contributed by atoms with Gasteiger partial charge in [0.2, 0.25) is 0 Å². The van der Waals surface area contributed by atoms with Crippen LogP contribution in [-0.2, 0) is 0 Å². The van der Waals surface area contributed by atoms with E-state index in [1.165, 1.54) is 5.57 Å². The summed E-state index contributed by atoms with van der Waals surface area (Å²) in [5.74, 6) is 0. The average Bonchev–Trinajstić information content (AvgIpc) is 1.85. The second-order valence-electron chi connectivity index (χ2n) is 2.26. The van der Waals surface area contributed by atoms with Crippen molar-refractivity contribution in [3.8, 4) is 0 Å². The molecule has 1 heteroatoms. The molecule has 0 atom stereocenters. The van der Waals surface area contributed by atoms with E-state index in [0.717, 1.165) is 0 Å². The molecule has 0 saturated heterocycles. The summed E-state index contributed by atoms with van der Waals surface area (Å²) in [6.07, 6.45) is 2.33. The Kier molecular flexibility index (Phi) is 1.82. The Morgan fingerprint density at radius 1 is 1.25 bits per heavy atom. The maximum absolute atomic E-state index is 2.33. The fourth-order valence-electron chi connectivity index (χ4n) is 0.863. The summed E-state index contributed by atoms with van der Waals surface area (Å²) >= 11 is -0.164. The number of rotatable bonds is 0. The molecule has 0 unspecified atom stereocenters. The molecule has 1 heterocycles. The van der Waals surface area contributed by atoms with Gasteiger partial charge in [0.05, 0.1) is 0 Å². The molecular weight excluding hydrogens is 206 g/mol. The van der Waals surface area contributed by atoms with E-state index in [9.17, 15) is 0 Å². The van der Waals surface area contributed by atoms with Gasteiger partial charge in [-0.05, 0) is 0 Å². The molecule has 44 valence electrons. The van der Waals surface area contributed by atoms with E-state index >= 15 is 0 Å². The van der Waals surface area contributed by atoms with Crippen LogP contribution in [0, 0.1) is 0 Å². The van der Waals surface area contributed by atoms with Gasteiger partial charge in [-0.2, -0.15) is 0 Å². The van der Waals surface area contributed by atoms with Crippen molar-refractivity contribution in [3.63, 3.8) is 0 Å². The van der Waals surface area contributed by atoms with Gasteiger partial charge in [0.25, 0.3) is 0 Å². The first kappa shape index (κ1) is 6.42. The van der Waals surface area contributed by atoms with Crippen LogP contribution in [0.3, 0.4) is 0 Å². The molecule has 0 N–H and O–H groups in total. The molecular formula is C7H11Sb. The molecule has 0 bridgehead atoms. The molecule has 0 saturated carbocycles. The molecule has 0 aromatic rings. The second-order valence-corrected chi connectivity index (χ2v) is 7.37. The van der Waals surface area contributed by atoms with Gasteiger partial charge in [0, 0.05) is 0 Å². The number of allylic oxidation sites excluding steroid dienone is 4. The van der Waals surface area contributed by atoms with Crippen LogP contribution in [-0.4, -0.2) is 21.6 Å². The summed E-state index contributed by atoms with van der Waals surface area (Å²) in [5, 5.41) is 0. The maximum atomic E-state index is 2.33. The minimum atomic E-state index is -0.164. The van der Waals surface area contributed by atoms with Crippen LogP contribution >= 0.6 is 0 Å². The topological polar surface area (TPSA) is 0 Å². The average molecular weight is 217 g/mol. The van der Waals surface area contributed by atoms with Crippen LogP contribution < -0.4 is 0 Å². The van der Waals surface area contributed by atoms with E-state index in [1.54, 1.807) is 7.04 Å². The zero-order valence-electron chi connectivity index (χ0n) is 5.58. The standard InChI is InChI=1S/C7H10.Sb.H/c1-4-6-7(3)5-2;;/h6H,1-3H3;;. The van der Waals surface area contributed by atoms with E-state index in [2.05, 4.69) is 26.8 Å². The third-order valence-electron chi connectivity index (χ3n) is 1.41. The summed E-state index contributed by atoms with van der Waals surface area (Å²) in [5.41, 5.74) is 1.54. The molecule has 0 fully saturated rings.